The quantitative estimate of drug-likeness (QED) is 0.506. The van der Waals surface area contributed by atoms with Gasteiger partial charge in [-0.05, 0) is 6.07 Å². The van der Waals surface area contributed by atoms with Crippen LogP contribution in [0.3, 0.4) is 0 Å². The Balaban J connectivity index is 2.10. The number of aliphatic hydroxyl groups is 3. The van der Waals surface area contributed by atoms with Gasteiger partial charge in [-0.1, -0.05) is 30.3 Å². The lowest BCUT2D eigenvalue weighted by Crippen LogP contribution is -2.54. The predicted octanol–water partition coefficient (Wildman–Crippen LogP) is -0.850. The number of aromatic nitrogens is 2. The molecule has 1 fully saturated rings. The number of hydrogen-bond donors (Lipinski definition) is 4. The Labute approximate surface area is 148 Å². The first-order valence-electron chi connectivity index (χ1n) is 7.97. The van der Waals surface area contributed by atoms with E-state index in [4.69, 9.17) is 4.74 Å². The maximum atomic E-state index is 12.9. The standard InChI is InChI=1S/C17H19N3O6/c1-18-12-7-8-20(16(24)19-12)15-17(25,14(23)11(9-21)26-15)13(22)10-5-3-2-4-6-10/h2-8,11,14-15,21,23,25H,9H2,1H3,(H,18,19,24)/t11-,14-,15-,17+/m1/s1. The molecule has 1 aliphatic rings. The van der Waals surface area contributed by atoms with Crippen LogP contribution < -0.4 is 11.0 Å². The van der Waals surface area contributed by atoms with Gasteiger partial charge in [-0.2, -0.15) is 4.98 Å². The van der Waals surface area contributed by atoms with Crippen molar-refractivity contribution in [2.24, 2.45) is 0 Å². The zero-order chi connectivity index (χ0) is 18.9. The van der Waals surface area contributed by atoms with E-state index in [2.05, 4.69) is 10.3 Å². The van der Waals surface area contributed by atoms with Crippen molar-refractivity contribution in [1.29, 1.82) is 0 Å². The molecule has 3 rings (SSSR count). The van der Waals surface area contributed by atoms with Crippen molar-refractivity contribution in [2.75, 3.05) is 19.0 Å². The molecule has 0 aliphatic carbocycles. The van der Waals surface area contributed by atoms with E-state index in [0.717, 1.165) is 4.57 Å². The number of ketones is 1. The molecule has 2 heterocycles. The summed E-state index contributed by atoms with van der Waals surface area (Å²) in [6, 6.07) is 9.31. The Morgan fingerprint density at radius 3 is 2.62 bits per heavy atom. The molecule has 1 aromatic carbocycles. The van der Waals surface area contributed by atoms with Gasteiger partial charge in [0.05, 0.1) is 6.61 Å². The predicted molar refractivity (Wildman–Crippen MR) is 90.8 cm³/mol. The molecule has 9 heteroatoms. The highest BCUT2D eigenvalue weighted by Crippen LogP contribution is 2.40. The Kier molecular flexibility index (Phi) is 4.88. The van der Waals surface area contributed by atoms with Crippen LogP contribution in [0.4, 0.5) is 5.82 Å². The third-order valence-corrected chi connectivity index (χ3v) is 4.40. The van der Waals surface area contributed by atoms with Crippen molar-refractivity contribution >= 4 is 11.6 Å². The number of benzene rings is 1. The molecule has 9 nitrogen and oxygen atoms in total. The average Bonchev–Trinajstić information content (AvgIpc) is 2.93. The van der Waals surface area contributed by atoms with Crippen LogP contribution in [0, 0.1) is 0 Å². The molecule has 0 bridgehead atoms. The summed E-state index contributed by atoms with van der Waals surface area (Å²) in [7, 11) is 1.58. The zero-order valence-corrected chi connectivity index (χ0v) is 13.9. The van der Waals surface area contributed by atoms with Crippen molar-refractivity contribution in [1.82, 2.24) is 9.55 Å². The minimum atomic E-state index is -2.47. The number of carbonyl (C=O) groups is 1. The van der Waals surface area contributed by atoms with E-state index in [0.29, 0.717) is 5.82 Å². The summed E-state index contributed by atoms with van der Waals surface area (Å²) in [5.41, 5.74) is -3.12. The second-order valence-corrected chi connectivity index (χ2v) is 5.93. The summed E-state index contributed by atoms with van der Waals surface area (Å²) < 4.78 is 6.37. The molecule has 0 saturated carbocycles. The van der Waals surface area contributed by atoms with Crippen LogP contribution in [-0.2, 0) is 4.74 Å². The number of aliphatic hydroxyl groups excluding tert-OH is 2. The third kappa shape index (κ3) is 2.80. The minimum Gasteiger partial charge on any atom is -0.394 e. The van der Waals surface area contributed by atoms with Gasteiger partial charge in [-0.3, -0.25) is 9.36 Å². The molecule has 0 radical (unpaired) electrons. The summed E-state index contributed by atoms with van der Waals surface area (Å²) in [6.45, 7) is -0.640. The van der Waals surface area contributed by atoms with Gasteiger partial charge < -0.3 is 25.4 Å². The van der Waals surface area contributed by atoms with Gasteiger partial charge in [-0.15, -0.1) is 0 Å². The third-order valence-electron chi connectivity index (χ3n) is 4.40. The number of Topliss-reactive ketones (excluding diaryl/α,β-unsaturated/α-hetero) is 1. The minimum absolute atomic E-state index is 0.133. The lowest BCUT2D eigenvalue weighted by Gasteiger charge is -2.30. The SMILES string of the molecule is CNc1ccn([C@@H]2O[C@H](CO)[C@@H](O)[C@@]2(O)C(=O)c2ccccc2)c(=O)n1. The first kappa shape index (κ1) is 18.2. The van der Waals surface area contributed by atoms with Gasteiger partial charge in [0.2, 0.25) is 11.4 Å². The largest absolute Gasteiger partial charge is 0.394 e. The van der Waals surface area contributed by atoms with Crippen molar-refractivity contribution < 1.29 is 24.9 Å². The molecule has 138 valence electrons. The Morgan fingerprint density at radius 2 is 2.04 bits per heavy atom. The number of ether oxygens (including phenoxy) is 1. The van der Waals surface area contributed by atoms with Crippen LogP contribution in [0.5, 0.6) is 0 Å². The number of hydrogen-bond acceptors (Lipinski definition) is 8. The van der Waals surface area contributed by atoms with Crippen LogP contribution in [0.25, 0.3) is 0 Å². The molecule has 0 unspecified atom stereocenters. The highest BCUT2D eigenvalue weighted by atomic mass is 16.6. The smallest absolute Gasteiger partial charge is 0.351 e. The molecule has 4 atom stereocenters. The molecule has 2 aromatic rings. The fraction of sp³-hybridized carbons (Fsp3) is 0.353. The van der Waals surface area contributed by atoms with E-state index in [9.17, 15) is 24.9 Å². The normalized spacial score (nSPS) is 28.1. The van der Waals surface area contributed by atoms with Gasteiger partial charge in [0.1, 0.15) is 18.0 Å². The highest BCUT2D eigenvalue weighted by molar-refractivity contribution is 6.03. The average molecular weight is 361 g/mol. The van der Waals surface area contributed by atoms with Crippen molar-refractivity contribution in [3.8, 4) is 0 Å². The molecule has 1 saturated heterocycles. The van der Waals surface area contributed by atoms with E-state index in [1.165, 1.54) is 24.4 Å². The Bertz CT molecular complexity index is 855. The van der Waals surface area contributed by atoms with Crippen molar-refractivity contribution in [2.45, 2.75) is 24.0 Å². The van der Waals surface area contributed by atoms with Gasteiger partial charge in [0.15, 0.2) is 6.23 Å². The topological polar surface area (TPSA) is 134 Å². The van der Waals surface area contributed by atoms with Gasteiger partial charge >= 0.3 is 5.69 Å². The number of anilines is 1. The summed E-state index contributed by atoms with van der Waals surface area (Å²) in [5.74, 6) is -0.530. The number of nitrogens with one attached hydrogen (secondary N) is 1. The summed E-state index contributed by atoms with van der Waals surface area (Å²) in [4.78, 5) is 29.0. The van der Waals surface area contributed by atoms with E-state index >= 15 is 0 Å². The molecule has 1 aromatic heterocycles. The molecule has 4 N–H and O–H groups in total. The summed E-state index contributed by atoms with van der Waals surface area (Å²) in [6.07, 6.45) is -3.23. The van der Waals surface area contributed by atoms with Crippen LogP contribution in [0.1, 0.15) is 16.6 Å². The number of nitrogens with zero attached hydrogens (tertiary/aromatic N) is 2. The Hall–Kier alpha value is -2.59. The van der Waals surface area contributed by atoms with Gasteiger partial charge in [0.25, 0.3) is 0 Å². The van der Waals surface area contributed by atoms with Crippen molar-refractivity contribution in [3.05, 3.63) is 58.6 Å². The van der Waals surface area contributed by atoms with Crippen LogP contribution in [0.2, 0.25) is 0 Å². The fourth-order valence-corrected chi connectivity index (χ4v) is 2.99. The van der Waals surface area contributed by atoms with E-state index in [-0.39, 0.29) is 5.56 Å². The summed E-state index contributed by atoms with van der Waals surface area (Å²) >= 11 is 0. The van der Waals surface area contributed by atoms with Crippen LogP contribution >= 0.6 is 0 Å². The van der Waals surface area contributed by atoms with E-state index in [1.807, 2.05) is 0 Å². The molecule has 1 aliphatic heterocycles. The highest BCUT2D eigenvalue weighted by Gasteiger charge is 2.61. The van der Waals surface area contributed by atoms with Gasteiger partial charge in [0, 0.05) is 18.8 Å². The lowest BCUT2D eigenvalue weighted by atomic mass is 9.85. The Morgan fingerprint density at radius 1 is 1.35 bits per heavy atom. The first-order valence-corrected chi connectivity index (χ1v) is 7.97. The van der Waals surface area contributed by atoms with Crippen LogP contribution in [0.15, 0.2) is 47.4 Å². The number of rotatable bonds is 5. The fourth-order valence-electron chi connectivity index (χ4n) is 2.99. The summed E-state index contributed by atoms with van der Waals surface area (Å²) in [5, 5.41) is 33.7. The van der Waals surface area contributed by atoms with E-state index in [1.54, 1.807) is 25.2 Å². The first-order chi connectivity index (χ1) is 12.4. The number of carbonyl (C=O) groups excluding carboxylic acids is 1. The maximum absolute atomic E-state index is 12.9. The molecule has 26 heavy (non-hydrogen) atoms. The van der Waals surface area contributed by atoms with E-state index < -0.39 is 42.1 Å². The monoisotopic (exact) mass is 361 g/mol. The second-order valence-electron chi connectivity index (χ2n) is 5.93. The van der Waals surface area contributed by atoms with Gasteiger partial charge in [-0.25, -0.2) is 4.79 Å². The molecule has 0 spiro atoms. The maximum Gasteiger partial charge on any atom is 0.351 e. The zero-order valence-electron chi connectivity index (χ0n) is 13.9. The second kappa shape index (κ2) is 6.96. The van der Waals surface area contributed by atoms with Crippen LogP contribution in [-0.4, -0.2) is 62.1 Å². The molecule has 0 amide bonds. The lowest BCUT2D eigenvalue weighted by molar-refractivity contribution is -0.0858. The molecular formula is C17H19N3O6. The van der Waals surface area contributed by atoms with Crippen molar-refractivity contribution in [3.63, 3.8) is 0 Å². The molecular weight excluding hydrogens is 342 g/mol.